The zero-order chi connectivity index (χ0) is 24.7. The first-order valence-corrected chi connectivity index (χ1v) is 11.2. The molecule has 1 fully saturated rings. The van der Waals surface area contributed by atoms with Crippen molar-refractivity contribution in [1.82, 2.24) is 10.5 Å². The number of anilines is 1. The lowest BCUT2D eigenvalue weighted by Gasteiger charge is -2.15. The molecule has 35 heavy (non-hydrogen) atoms. The number of fused-ring (bicyclic) bond motifs is 3. The Labute approximate surface area is 198 Å². The van der Waals surface area contributed by atoms with Gasteiger partial charge in [0.05, 0.1) is 18.7 Å². The Morgan fingerprint density at radius 1 is 1.20 bits per heavy atom. The summed E-state index contributed by atoms with van der Waals surface area (Å²) in [5.74, 6) is 0.285. The minimum absolute atomic E-state index is 0.209. The maximum atomic E-state index is 13.2. The number of amides is 2. The van der Waals surface area contributed by atoms with E-state index in [4.69, 9.17) is 9.26 Å². The Kier molecular flexibility index (Phi) is 5.74. The average molecular weight is 485 g/mol. The second-order valence-corrected chi connectivity index (χ2v) is 8.67. The van der Waals surface area contributed by atoms with Crippen molar-refractivity contribution in [2.75, 3.05) is 18.0 Å². The van der Waals surface area contributed by atoms with Gasteiger partial charge in [-0.3, -0.25) is 9.69 Å². The highest BCUT2D eigenvalue weighted by Gasteiger charge is 2.34. The summed E-state index contributed by atoms with van der Waals surface area (Å²) in [7, 11) is 0. The number of hydrogen-bond donors (Lipinski definition) is 1. The molecule has 1 N–H and O–H groups in total. The van der Waals surface area contributed by atoms with E-state index >= 15 is 0 Å². The highest BCUT2D eigenvalue weighted by atomic mass is 19.4. The molecule has 1 aliphatic carbocycles. The Hall–Kier alpha value is -3.82. The van der Waals surface area contributed by atoms with Gasteiger partial charge in [-0.1, -0.05) is 23.4 Å². The third-order valence-electron chi connectivity index (χ3n) is 6.23. The molecule has 1 aromatic heterocycles. The van der Waals surface area contributed by atoms with E-state index < -0.39 is 23.9 Å². The largest absolute Gasteiger partial charge is 0.442 e. The second-order valence-electron chi connectivity index (χ2n) is 8.67. The van der Waals surface area contributed by atoms with Crippen molar-refractivity contribution in [2.45, 2.75) is 38.5 Å². The fourth-order valence-electron chi connectivity index (χ4n) is 4.54. The molecule has 10 heteroatoms. The predicted molar refractivity (Wildman–Crippen MR) is 121 cm³/mol. The van der Waals surface area contributed by atoms with Crippen molar-refractivity contribution in [3.8, 4) is 22.6 Å². The summed E-state index contributed by atoms with van der Waals surface area (Å²) in [6, 6.07) is 10.6. The van der Waals surface area contributed by atoms with E-state index in [0.29, 0.717) is 29.1 Å². The normalized spacial score (nSPS) is 17.4. The summed E-state index contributed by atoms with van der Waals surface area (Å²) in [5.41, 5.74) is 3.08. The van der Waals surface area contributed by atoms with Gasteiger partial charge in [0.2, 0.25) is 5.91 Å². The van der Waals surface area contributed by atoms with Gasteiger partial charge in [-0.25, -0.2) is 4.79 Å². The Bertz CT molecular complexity index is 1300. The number of carbonyl (C=O) groups excluding carboxylic acids is 2. The Morgan fingerprint density at radius 2 is 2.03 bits per heavy atom. The third-order valence-corrected chi connectivity index (χ3v) is 6.23. The van der Waals surface area contributed by atoms with Gasteiger partial charge in [-0.15, -0.1) is 0 Å². The number of hydrogen-bond acceptors (Lipinski definition) is 5. The lowest BCUT2D eigenvalue weighted by atomic mass is 9.99. The molecular weight excluding hydrogens is 463 g/mol. The van der Waals surface area contributed by atoms with E-state index in [-0.39, 0.29) is 19.0 Å². The van der Waals surface area contributed by atoms with Gasteiger partial charge in [0.25, 0.3) is 0 Å². The number of cyclic esters (lactones) is 1. The van der Waals surface area contributed by atoms with Crippen LogP contribution >= 0.6 is 0 Å². The van der Waals surface area contributed by atoms with Crippen LogP contribution in [0.15, 0.2) is 47.0 Å². The van der Waals surface area contributed by atoms with E-state index in [9.17, 15) is 22.8 Å². The van der Waals surface area contributed by atoms with Crippen molar-refractivity contribution >= 4 is 17.7 Å². The summed E-state index contributed by atoms with van der Waals surface area (Å²) >= 11 is 0. The van der Waals surface area contributed by atoms with E-state index in [0.717, 1.165) is 41.7 Å². The molecule has 0 spiro atoms. The SMILES string of the molecule is CC(=O)NCC1CN(c2ccc3c(c2)-c2onc(-c4cccc(C(F)(F)F)c4)c2CCC3)C(=O)O1. The Morgan fingerprint density at radius 3 is 2.80 bits per heavy atom. The first kappa shape index (κ1) is 22.9. The summed E-state index contributed by atoms with van der Waals surface area (Å²) in [4.78, 5) is 25.1. The third kappa shape index (κ3) is 4.48. The lowest BCUT2D eigenvalue weighted by Crippen LogP contribution is -2.33. The topological polar surface area (TPSA) is 84.7 Å². The number of aromatic nitrogens is 1. The van der Waals surface area contributed by atoms with Crippen LogP contribution in [0, 0.1) is 0 Å². The van der Waals surface area contributed by atoms with Crippen molar-refractivity contribution in [3.63, 3.8) is 0 Å². The van der Waals surface area contributed by atoms with Crippen molar-refractivity contribution in [1.29, 1.82) is 0 Å². The van der Waals surface area contributed by atoms with E-state index in [1.54, 1.807) is 6.07 Å². The summed E-state index contributed by atoms with van der Waals surface area (Å²) in [6.45, 7) is 1.88. The summed E-state index contributed by atoms with van der Waals surface area (Å²) in [5, 5.41) is 6.79. The fraction of sp³-hybridized carbons (Fsp3) is 0.320. The number of alkyl halides is 3. The standard InChI is InChI=1S/C25H22F3N3O4/c1-14(32)29-12-19-13-31(24(33)34-19)18-9-8-15-4-3-7-20-22(30-35-23(20)21(15)11-18)16-5-2-6-17(10-16)25(26,27)28/h2,5-6,8-11,19H,3-4,7,12-13H2,1H3,(H,29,32). The van der Waals surface area contributed by atoms with Gasteiger partial charge < -0.3 is 14.6 Å². The molecule has 2 aliphatic rings. The first-order valence-electron chi connectivity index (χ1n) is 11.2. The van der Waals surface area contributed by atoms with Crippen LogP contribution in [0.3, 0.4) is 0 Å². The van der Waals surface area contributed by atoms with E-state index in [2.05, 4.69) is 10.5 Å². The minimum atomic E-state index is -4.46. The van der Waals surface area contributed by atoms with Crippen molar-refractivity contribution < 1.29 is 32.0 Å². The molecule has 2 aromatic carbocycles. The number of benzene rings is 2. The van der Waals surface area contributed by atoms with Gasteiger partial charge in [0.15, 0.2) is 5.76 Å². The van der Waals surface area contributed by atoms with Gasteiger partial charge in [-0.2, -0.15) is 13.2 Å². The van der Waals surface area contributed by atoms with Gasteiger partial charge in [0, 0.05) is 29.3 Å². The molecule has 1 saturated heterocycles. The first-order chi connectivity index (χ1) is 16.7. The minimum Gasteiger partial charge on any atom is -0.442 e. The number of aryl methyl sites for hydroxylation is 1. The van der Waals surface area contributed by atoms with E-state index in [1.807, 2.05) is 18.2 Å². The van der Waals surface area contributed by atoms with Crippen LogP contribution in [0.1, 0.15) is 30.0 Å². The van der Waals surface area contributed by atoms with Crippen LogP contribution in [-0.2, 0) is 28.5 Å². The fourth-order valence-corrected chi connectivity index (χ4v) is 4.54. The molecule has 2 heterocycles. The number of ether oxygens (including phenoxy) is 1. The smallest absolute Gasteiger partial charge is 0.416 e. The van der Waals surface area contributed by atoms with Gasteiger partial charge >= 0.3 is 12.3 Å². The molecule has 1 atom stereocenters. The van der Waals surface area contributed by atoms with E-state index in [1.165, 1.54) is 17.9 Å². The highest BCUT2D eigenvalue weighted by Crippen LogP contribution is 2.41. The molecule has 2 amide bonds. The molecule has 0 saturated carbocycles. The molecule has 1 unspecified atom stereocenters. The van der Waals surface area contributed by atoms with Crippen LogP contribution in [0.4, 0.5) is 23.7 Å². The zero-order valence-corrected chi connectivity index (χ0v) is 18.8. The quantitative estimate of drug-likeness (QED) is 0.564. The number of halogens is 3. The van der Waals surface area contributed by atoms with Gasteiger partial charge in [-0.05, 0) is 49.1 Å². The van der Waals surface area contributed by atoms with Crippen LogP contribution in [0.2, 0.25) is 0 Å². The summed E-state index contributed by atoms with van der Waals surface area (Å²) < 4.78 is 50.8. The lowest BCUT2D eigenvalue weighted by molar-refractivity contribution is -0.137. The van der Waals surface area contributed by atoms with Crippen molar-refractivity contribution in [2.24, 2.45) is 0 Å². The van der Waals surface area contributed by atoms with Crippen LogP contribution in [0.5, 0.6) is 0 Å². The molecule has 7 nitrogen and oxygen atoms in total. The molecule has 182 valence electrons. The Balaban J connectivity index is 1.49. The maximum Gasteiger partial charge on any atom is 0.416 e. The monoisotopic (exact) mass is 485 g/mol. The van der Waals surface area contributed by atoms with Crippen molar-refractivity contribution in [3.05, 3.63) is 59.2 Å². The van der Waals surface area contributed by atoms with Gasteiger partial charge in [0.1, 0.15) is 11.8 Å². The van der Waals surface area contributed by atoms with Crippen LogP contribution in [0.25, 0.3) is 22.6 Å². The highest BCUT2D eigenvalue weighted by molar-refractivity contribution is 5.91. The maximum absolute atomic E-state index is 13.2. The predicted octanol–water partition coefficient (Wildman–Crippen LogP) is 4.98. The molecule has 0 radical (unpaired) electrons. The molecule has 0 bridgehead atoms. The zero-order valence-electron chi connectivity index (χ0n) is 18.8. The van der Waals surface area contributed by atoms with Crippen LogP contribution in [-0.4, -0.2) is 36.4 Å². The summed E-state index contributed by atoms with van der Waals surface area (Å²) in [6.07, 6.45) is -3.33. The molecular formula is C25H22F3N3O4. The molecule has 3 aromatic rings. The molecule has 5 rings (SSSR count). The second kappa shape index (κ2) is 8.75. The van der Waals surface area contributed by atoms with Crippen LogP contribution < -0.4 is 10.2 Å². The number of carbonyl (C=O) groups is 2. The number of nitrogens with one attached hydrogen (secondary N) is 1. The molecule has 1 aliphatic heterocycles. The number of rotatable bonds is 4. The number of nitrogens with zero attached hydrogens (tertiary/aromatic N) is 2. The average Bonchev–Trinajstić information content (AvgIpc) is 3.36.